The van der Waals surface area contributed by atoms with Gasteiger partial charge in [-0.1, -0.05) is 32.0 Å². The monoisotopic (exact) mass is 370 g/mol. The Hall–Kier alpha value is -1.37. The van der Waals surface area contributed by atoms with Crippen molar-refractivity contribution in [1.82, 2.24) is 9.97 Å². The van der Waals surface area contributed by atoms with E-state index < -0.39 is 0 Å². The third kappa shape index (κ3) is 3.15. The number of para-hydroxylation sites is 1. The Kier molecular flexibility index (Phi) is 4.57. The van der Waals surface area contributed by atoms with E-state index in [1.54, 1.807) is 0 Å². The van der Waals surface area contributed by atoms with Crippen LogP contribution in [0, 0.1) is 3.57 Å². The predicted octanol–water partition coefficient (Wildman–Crippen LogP) is 3.68. The molecule has 0 bridgehead atoms. The molecule has 0 spiro atoms. The van der Waals surface area contributed by atoms with Gasteiger partial charge in [0, 0.05) is 0 Å². The van der Waals surface area contributed by atoms with Crippen LogP contribution in [0.15, 0.2) is 35.4 Å². The van der Waals surface area contributed by atoms with Crippen LogP contribution in [0.25, 0.3) is 0 Å². The zero-order chi connectivity index (χ0) is 13.8. The molecule has 0 fully saturated rings. The minimum Gasteiger partial charge on any atom is -0.437 e. The summed E-state index contributed by atoms with van der Waals surface area (Å²) in [6.45, 7) is 4.29. The van der Waals surface area contributed by atoms with E-state index in [-0.39, 0.29) is 5.56 Å². The molecule has 1 unspecified atom stereocenters. The first kappa shape index (κ1) is 14.0. The highest BCUT2D eigenvalue weighted by Gasteiger charge is 2.13. The fourth-order valence-electron chi connectivity index (χ4n) is 1.74. The van der Waals surface area contributed by atoms with Crippen LogP contribution in [0.2, 0.25) is 0 Å². The fraction of sp³-hybridized carbons (Fsp3) is 0.286. The summed E-state index contributed by atoms with van der Waals surface area (Å²) in [6.07, 6.45) is 2.38. The zero-order valence-electron chi connectivity index (χ0n) is 10.8. The number of aromatic nitrogens is 2. The van der Waals surface area contributed by atoms with Crippen LogP contribution in [0.3, 0.4) is 0 Å². The number of hydrogen-bond donors (Lipinski definition) is 1. The topological polar surface area (TPSA) is 55.0 Å². The molecule has 0 amide bonds. The van der Waals surface area contributed by atoms with Crippen LogP contribution in [-0.2, 0) is 0 Å². The van der Waals surface area contributed by atoms with Gasteiger partial charge in [0.25, 0.3) is 5.56 Å². The van der Waals surface area contributed by atoms with Crippen molar-refractivity contribution in [2.24, 2.45) is 0 Å². The number of hydrogen-bond acceptors (Lipinski definition) is 3. The first-order valence-electron chi connectivity index (χ1n) is 6.13. The van der Waals surface area contributed by atoms with Gasteiger partial charge in [-0.05, 0) is 46.6 Å². The molecule has 2 rings (SSSR count). The molecule has 100 valence electrons. The molecular formula is C14H15IN2O2. The molecule has 1 aromatic carbocycles. The molecule has 1 heterocycles. The number of halogens is 1. The van der Waals surface area contributed by atoms with Gasteiger partial charge in [-0.2, -0.15) is 0 Å². The van der Waals surface area contributed by atoms with Gasteiger partial charge >= 0.3 is 0 Å². The summed E-state index contributed by atoms with van der Waals surface area (Å²) in [5.41, 5.74) is 0.939. The van der Waals surface area contributed by atoms with Crippen molar-refractivity contribution in [1.29, 1.82) is 0 Å². The van der Waals surface area contributed by atoms with Gasteiger partial charge in [0.05, 0.1) is 6.33 Å². The van der Waals surface area contributed by atoms with Crippen molar-refractivity contribution < 1.29 is 4.74 Å². The highest BCUT2D eigenvalue weighted by Crippen LogP contribution is 2.31. The zero-order valence-corrected chi connectivity index (χ0v) is 13.0. The van der Waals surface area contributed by atoms with E-state index in [1.807, 2.05) is 46.9 Å². The van der Waals surface area contributed by atoms with Crippen LogP contribution in [0.4, 0.5) is 0 Å². The molecule has 0 aliphatic heterocycles. The average molecular weight is 370 g/mol. The van der Waals surface area contributed by atoms with E-state index in [9.17, 15) is 4.79 Å². The van der Waals surface area contributed by atoms with Crippen LogP contribution < -0.4 is 10.3 Å². The van der Waals surface area contributed by atoms with Gasteiger partial charge in [0.2, 0.25) is 5.88 Å². The molecular weight excluding hydrogens is 355 g/mol. The molecule has 5 heteroatoms. The van der Waals surface area contributed by atoms with Gasteiger partial charge < -0.3 is 9.72 Å². The van der Waals surface area contributed by atoms with Gasteiger partial charge in [0.1, 0.15) is 9.32 Å². The van der Waals surface area contributed by atoms with Gasteiger partial charge in [-0.15, -0.1) is 0 Å². The third-order valence-corrected chi connectivity index (χ3v) is 3.98. The quantitative estimate of drug-likeness (QED) is 0.836. The highest BCUT2D eigenvalue weighted by atomic mass is 127. The van der Waals surface area contributed by atoms with Crippen LogP contribution in [-0.4, -0.2) is 9.97 Å². The van der Waals surface area contributed by atoms with Crippen LogP contribution in [0.5, 0.6) is 11.6 Å². The summed E-state index contributed by atoms with van der Waals surface area (Å²) in [7, 11) is 0. The SMILES string of the molecule is CCC(C)c1ccccc1Oc1nc[nH]c(=O)c1I. The normalized spacial score (nSPS) is 12.2. The maximum Gasteiger partial charge on any atom is 0.268 e. The molecule has 0 aliphatic rings. The maximum atomic E-state index is 11.5. The Labute approximate surface area is 125 Å². The molecule has 0 aliphatic carbocycles. The van der Waals surface area contributed by atoms with Crippen LogP contribution >= 0.6 is 22.6 Å². The van der Waals surface area contributed by atoms with Crippen molar-refractivity contribution >= 4 is 22.6 Å². The Morgan fingerprint density at radius 2 is 2.16 bits per heavy atom. The van der Waals surface area contributed by atoms with E-state index in [0.717, 1.165) is 17.7 Å². The number of rotatable bonds is 4. The van der Waals surface area contributed by atoms with Crippen molar-refractivity contribution in [2.75, 3.05) is 0 Å². The van der Waals surface area contributed by atoms with Crippen molar-refractivity contribution in [3.05, 3.63) is 50.1 Å². The Bertz CT molecular complexity index is 625. The molecule has 4 nitrogen and oxygen atoms in total. The van der Waals surface area contributed by atoms with E-state index in [0.29, 0.717) is 15.4 Å². The lowest BCUT2D eigenvalue weighted by atomic mass is 9.98. The summed E-state index contributed by atoms with van der Waals surface area (Å²) in [5, 5.41) is 0. The van der Waals surface area contributed by atoms with E-state index in [4.69, 9.17) is 4.74 Å². The number of benzene rings is 1. The minimum atomic E-state index is -0.188. The summed E-state index contributed by atoms with van der Waals surface area (Å²) in [4.78, 5) is 18.1. The van der Waals surface area contributed by atoms with Crippen LogP contribution in [0.1, 0.15) is 31.7 Å². The predicted molar refractivity (Wildman–Crippen MR) is 82.8 cm³/mol. The third-order valence-electron chi connectivity index (χ3n) is 3.03. The van der Waals surface area contributed by atoms with E-state index >= 15 is 0 Å². The first-order valence-corrected chi connectivity index (χ1v) is 7.21. The van der Waals surface area contributed by atoms with E-state index in [1.165, 1.54) is 6.33 Å². The number of ether oxygens (including phenoxy) is 1. The lowest BCUT2D eigenvalue weighted by molar-refractivity contribution is 0.446. The Morgan fingerprint density at radius 3 is 2.89 bits per heavy atom. The summed E-state index contributed by atoms with van der Waals surface area (Å²) in [5.74, 6) is 1.50. The summed E-state index contributed by atoms with van der Waals surface area (Å²) >= 11 is 1.94. The summed E-state index contributed by atoms with van der Waals surface area (Å²) in [6, 6.07) is 7.86. The average Bonchev–Trinajstić information content (AvgIpc) is 2.43. The molecule has 1 aromatic heterocycles. The van der Waals surface area contributed by atoms with Gasteiger partial charge in [-0.3, -0.25) is 4.79 Å². The Balaban J connectivity index is 2.38. The van der Waals surface area contributed by atoms with Crippen molar-refractivity contribution in [3.8, 4) is 11.6 Å². The second kappa shape index (κ2) is 6.18. The lowest BCUT2D eigenvalue weighted by Crippen LogP contribution is -2.11. The molecule has 0 saturated carbocycles. The second-order valence-corrected chi connectivity index (χ2v) is 5.38. The first-order chi connectivity index (χ1) is 9.13. The number of nitrogens with zero attached hydrogens (tertiary/aromatic N) is 1. The maximum absolute atomic E-state index is 11.5. The second-order valence-electron chi connectivity index (χ2n) is 4.30. The molecule has 1 N–H and O–H groups in total. The molecule has 0 radical (unpaired) electrons. The molecule has 19 heavy (non-hydrogen) atoms. The standard InChI is InChI=1S/C14H15IN2O2/c1-3-9(2)10-6-4-5-7-11(10)19-14-12(15)13(18)16-8-17-14/h4-9H,3H2,1-2H3,(H,16,17,18). The van der Waals surface area contributed by atoms with Gasteiger partial charge in [-0.25, -0.2) is 4.98 Å². The van der Waals surface area contributed by atoms with Crippen molar-refractivity contribution in [3.63, 3.8) is 0 Å². The fourth-order valence-corrected chi connectivity index (χ4v) is 2.15. The highest BCUT2D eigenvalue weighted by molar-refractivity contribution is 14.1. The number of H-pyrrole nitrogens is 1. The largest absolute Gasteiger partial charge is 0.437 e. The smallest absolute Gasteiger partial charge is 0.268 e. The lowest BCUT2D eigenvalue weighted by Gasteiger charge is -2.15. The van der Waals surface area contributed by atoms with E-state index in [2.05, 4.69) is 23.8 Å². The minimum absolute atomic E-state index is 0.188. The Morgan fingerprint density at radius 1 is 1.42 bits per heavy atom. The molecule has 2 aromatic rings. The molecule has 0 saturated heterocycles. The summed E-state index contributed by atoms with van der Waals surface area (Å²) < 4.78 is 6.26. The number of nitrogens with one attached hydrogen (secondary N) is 1. The van der Waals surface area contributed by atoms with Crippen molar-refractivity contribution in [2.45, 2.75) is 26.2 Å². The number of aromatic amines is 1. The van der Waals surface area contributed by atoms with Gasteiger partial charge in [0.15, 0.2) is 0 Å². The molecule has 1 atom stereocenters.